The number of rotatable bonds is 8. The minimum atomic E-state index is -0.676. The van der Waals surface area contributed by atoms with Crippen LogP contribution in [-0.4, -0.2) is 24.9 Å². The molecule has 1 rings (SSSR count). The van der Waals surface area contributed by atoms with E-state index in [0.717, 1.165) is 18.4 Å². The van der Waals surface area contributed by atoms with Gasteiger partial charge < -0.3 is 14.6 Å². The van der Waals surface area contributed by atoms with E-state index in [2.05, 4.69) is 28.9 Å². The van der Waals surface area contributed by atoms with Gasteiger partial charge in [0.25, 0.3) is 0 Å². The van der Waals surface area contributed by atoms with Crippen LogP contribution in [0, 0.1) is 11.3 Å². The molecule has 0 fully saturated rings. The van der Waals surface area contributed by atoms with E-state index in [-0.39, 0.29) is 0 Å². The topological polar surface area (TPSA) is 62.5 Å². The van der Waals surface area contributed by atoms with Gasteiger partial charge in [-0.3, -0.25) is 0 Å². The van der Waals surface area contributed by atoms with Crippen LogP contribution in [0.15, 0.2) is 16.6 Å². The van der Waals surface area contributed by atoms with Gasteiger partial charge in [-0.25, -0.2) is 0 Å². The van der Waals surface area contributed by atoms with Crippen LogP contribution < -0.4 is 9.47 Å². The van der Waals surface area contributed by atoms with E-state index in [9.17, 15) is 10.4 Å². The molecule has 0 saturated heterocycles. The molecule has 0 amide bonds. The molecule has 0 aliphatic heterocycles. The molecule has 116 valence electrons. The van der Waals surface area contributed by atoms with Crippen LogP contribution in [0.4, 0.5) is 0 Å². The number of hydrogen-bond acceptors (Lipinski definition) is 4. The summed E-state index contributed by atoms with van der Waals surface area (Å²) in [5, 5.41) is 19.6. The normalized spacial score (nSPS) is 13.3. The van der Waals surface area contributed by atoms with Gasteiger partial charge >= 0.3 is 0 Å². The van der Waals surface area contributed by atoms with E-state index in [1.807, 2.05) is 13.0 Å². The summed E-state index contributed by atoms with van der Waals surface area (Å²) in [5.74, 6) is 0.602. The molecule has 4 nitrogen and oxygen atoms in total. The van der Waals surface area contributed by atoms with E-state index in [4.69, 9.17) is 9.47 Å². The Bertz CT molecular complexity index is 499. The van der Waals surface area contributed by atoms with Crippen molar-refractivity contribution in [2.75, 3.05) is 13.7 Å². The number of benzene rings is 1. The first-order chi connectivity index (χ1) is 10.1. The van der Waals surface area contributed by atoms with Crippen molar-refractivity contribution < 1.29 is 14.6 Å². The standard InChI is InChI=1S/C16H22BrNO3/c1-4-6-7-14(19)12(10-18)11-8-13(17)16(20-3)15(9-11)21-5-2/h8-9,12,14,19H,4-7H2,1-3H3. The molecule has 0 aliphatic carbocycles. The first-order valence-corrected chi connectivity index (χ1v) is 7.96. The lowest BCUT2D eigenvalue weighted by atomic mass is 9.91. The largest absolute Gasteiger partial charge is 0.492 e. The number of nitriles is 1. The lowest BCUT2D eigenvalue weighted by Gasteiger charge is -2.19. The van der Waals surface area contributed by atoms with Crippen LogP contribution in [0.25, 0.3) is 0 Å². The van der Waals surface area contributed by atoms with Gasteiger partial charge in [-0.1, -0.05) is 19.8 Å². The predicted molar refractivity (Wildman–Crippen MR) is 85.7 cm³/mol. The van der Waals surface area contributed by atoms with Gasteiger partial charge in [-0.15, -0.1) is 0 Å². The highest BCUT2D eigenvalue weighted by atomic mass is 79.9. The zero-order valence-corrected chi connectivity index (χ0v) is 14.3. The Morgan fingerprint density at radius 2 is 2.10 bits per heavy atom. The van der Waals surface area contributed by atoms with Gasteiger partial charge in [-0.2, -0.15) is 5.26 Å². The molecule has 2 atom stereocenters. The van der Waals surface area contributed by atoms with Crippen molar-refractivity contribution in [3.63, 3.8) is 0 Å². The molecule has 5 heteroatoms. The van der Waals surface area contributed by atoms with Crippen LogP contribution in [0.5, 0.6) is 11.5 Å². The molecule has 0 saturated carbocycles. The van der Waals surface area contributed by atoms with Crippen LogP contribution in [-0.2, 0) is 0 Å². The lowest BCUT2D eigenvalue weighted by molar-refractivity contribution is 0.148. The SMILES string of the molecule is CCCCC(O)C(C#N)c1cc(Br)c(OC)c(OCC)c1. The van der Waals surface area contributed by atoms with Crippen LogP contribution >= 0.6 is 15.9 Å². The molecular formula is C16H22BrNO3. The van der Waals surface area contributed by atoms with Crippen molar-refractivity contribution in [1.82, 2.24) is 0 Å². The summed E-state index contributed by atoms with van der Waals surface area (Å²) in [5.41, 5.74) is 0.734. The summed E-state index contributed by atoms with van der Waals surface area (Å²) in [6, 6.07) is 5.78. The molecule has 0 spiro atoms. The average Bonchev–Trinajstić information content (AvgIpc) is 2.46. The number of unbranched alkanes of at least 4 members (excludes halogenated alkanes) is 1. The van der Waals surface area contributed by atoms with E-state index < -0.39 is 12.0 Å². The van der Waals surface area contributed by atoms with Gasteiger partial charge in [0.2, 0.25) is 0 Å². The number of nitrogens with zero attached hydrogens (tertiary/aromatic N) is 1. The zero-order chi connectivity index (χ0) is 15.8. The molecule has 1 aromatic rings. The van der Waals surface area contributed by atoms with Crippen molar-refractivity contribution in [3.05, 3.63) is 22.2 Å². The van der Waals surface area contributed by atoms with Gasteiger partial charge in [0.05, 0.1) is 36.3 Å². The molecule has 1 N–H and O–H groups in total. The van der Waals surface area contributed by atoms with Crippen molar-refractivity contribution >= 4 is 15.9 Å². The smallest absolute Gasteiger partial charge is 0.174 e. The second-order valence-corrected chi connectivity index (χ2v) is 5.64. The third-order valence-electron chi connectivity index (χ3n) is 3.27. The van der Waals surface area contributed by atoms with Crippen LogP contribution in [0.2, 0.25) is 0 Å². The highest BCUT2D eigenvalue weighted by Gasteiger charge is 2.23. The predicted octanol–water partition coefficient (Wildman–Crippen LogP) is 4.01. The first-order valence-electron chi connectivity index (χ1n) is 7.16. The third kappa shape index (κ3) is 4.62. The van der Waals surface area contributed by atoms with Gasteiger partial charge in [0.1, 0.15) is 0 Å². The van der Waals surface area contributed by atoms with Crippen molar-refractivity contribution in [1.29, 1.82) is 5.26 Å². The zero-order valence-electron chi connectivity index (χ0n) is 12.7. The fourth-order valence-corrected chi connectivity index (χ4v) is 2.81. The molecule has 0 radical (unpaired) electrons. The number of aliphatic hydroxyl groups excluding tert-OH is 1. The maximum absolute atomic E-state index is 10.2. The summed E-state index contributed by atoms with van der Waals surface area (Å²) >= 11 is 3.43. The van der Waals surface area contributed by atoms with Gasteiger partial charge in [0.15, 0.2) is 11.5 Å². The van der Waals surface area contributed by atoms with Crippen LogP contribution in [0.3, 0.4) is 0 Å². The number of halogens is 1. The summed E-state index contributed by atoms with van der Waals surface area (Å²) in [6.45, 7) is 4.45. The summed E-state index contributed by atoms with van der Waals surface area (Å²) in [7, 11) is 1.57. The Balaban J connectivity index is 3.13. The summed E-state index contributed by atoms with van der Waals surface area (Å²) < 4.78 is 11.6. The Kier molecular flexibility index (Phi) is 7.55. The molecule has 0 heterocycles. The molecule has 21 heavy (non-hydrogen) atoms. The highest BCUT2D eigenvalue weighted by Crippen LogP contribution is 2.39. The fourth-order valence-electron chi connectivity index (χ4n) is 2.19. The summed E-state index contributed by atoms with van der Waals surface area (Å²) in [4.78, 5) is 0. The van der Waals surface area contributed by atoms with Gasteiger partial charge in [-0.05, 0) is 47.0 Å². The molecule has 1 aromatic carbocycles. The van der Waals surface area contributed by atoms with E-state index in [0.29, 0.717) is 29.0 Å². The van der Waals surface area contributed by atoms with Crippen molar-refractivity contribution in [3.8, 4) is 17.6 Å². The molecule has 0 aromatic heterocycles. The Hall–Kier alpha value is -1.25. The quantitative estimate of drug-likeness (QED) is 0.764. The van der Waals surface area contributed by atoms with E-state index >= 15 is 0 Å². The molecule has 0 aliphatic rings. The Morgan fingerprint density at radius 3 is 2.62 bits per heavy atom. The third-order valence-corrected chi connectivity index (χ3v) is 3.86. The number of ether oxygens (including phenoxy) is 2. The average molecular weight is 356 g/mol. The highest BCUT2D eigenvalue weighted by molar-refractivity contribution is 9.10. The van der Waals surface area contributed by atoms with E-state index in [1.165, 1.54) is 0 Å². The second-order valence-electron chi connectivity index (χ2n) is 4.78. The maximum atomic E-state index is 10.2. The fraction of sp³-hybridized carbons (Fsp3) is 0.562. The molecular weight excluding hydrogens is 334 g/mol. The number of hydrogen-bond donors (Lipinski definition) is 1. The molecule has 2 unspecified atom stereocenters. The number of methoxy groups -OCH3 is 1. The second kappa shape index (κ2) is 8.91. The Labute approximate surface area is 134 Å². The first kappa shape index (κ1) is 17.8. The van der Waals surface area contributed by atoms with Crippen molar-refractivity contribution in [2.45, 2.75) is 45.1 Å². The van der Waals surface area contributed by atoms with E-state index in [1.54, 1.807) is 13.2 Å². The van der Waals surface area contributed by atoms with Crippen LogP contribution in [0.1, 0.15) is 44.6 Å². The minimum Gasteiger partial charge on any atom is -0.492 e. The lowest BCUT2D eigenvalue weighted by Crippen LogP contribution is -2.17. The van der Waals surface area contributed by atoms with Crippen molar-refractivity contribution in [2.24, 2.45) is 0 Å². The minimum absolute atomic E-state index is 0.502. The number of aliphatic hydroxyl groups is 1. The molecule has 0 bridgehead atoms. The Morgan fingerprint density at radius 1 is 1.38 bits per heavy atom. The monoisotopic (exact) mass is 355 g/mol. The van der Waals surface area contributed by atoms with Gasteiger partial charge in [0, 0.05) is 0 Å². The maximum Gasteiger partial charge on any atom is 0.174 e. The summed E-state index contributed by atoms with van der Waals surface area (Å²) in [6.07, 6.45) is 1.83.